The number of likely N-dealkylation sites (tertiary alicyclic amines) is 1. The van der Waals surface area contributed by atoms with Gasteiger partial charge in [0.05, 0.1) is 14.2 Å². The van der Waals surface area contributed by atoms with Crippen LogP contribution in [0.4, 0.5) is 0 Å². The molecule has 0 aliphatic carbocycles. The van der Waals surface area contributed by atoms with Crippen molar-refractivity contribution >= 4 is 20.7 Å². The van der Waals surface area contributed by atoms with E-state index in [1.807, 2.05) is 33.9 Å². The van der Waals surface area contributed by atoms with Crippen molar-refractivity contribution in [1.29, 1.82) is 0 Å². The van der Waals surface area contributed by atoms with Crippen LogP contribution in [-0.2, 0) is 9.59 Å². The molecular weight excluding hydrogens is 234 g/mol. The van der Waals surface area contributed by atoms with E-state index in [0.717, 1.165) is 0 Å². The number of carboxylic acid groups (broad SMARTS) is 1. The summed E-state index contributed by atoms with van der Waals surface area (Å²) in [6.45, 7) is 13.2. The van der Waals surface area contributed by atoms with Gasteiger partial charge in [-0.2, -0.15) is 0 Å². The zero-order chi connectivity index (χ0) is 13.8. The van der Waals surface area contributed by atoms with Gasteiger partial charge in [0.25, 0.3) is 0 Å². The van der Waals surface area contributed by atoms with Crippen LogP contribution in [0.2, 0.25) is 13.1 Å². The fourth-order valence-corrected chi connectivity index (χ4v) is 6.33. The Morgan fingerprint density at radius 1 is 1.29 bits per heavy atom. The minimum atomic E-state index is -1.59. The highest BCUT2D eigenvalue weighted by atomic mass is 28.3. The fraction of sp³-hybridized carbons (Fsp3) is 0.833. The standard InChI is InChI=1S/C12H23NO3Si/c1-10(2,3)13-8(14)11(4,5)12(13,9(15)16)17(6)7/h17H,1-7H3,(H,15,16)/t12-/m1/s1. The van der Waals surface area contributed by atoms with Gasteiger partial charge in [0.15, 0.2) is 0 Å². The third-order valence-corrected chi connectivity index (χ3v) is 6.77. The van der Waals surface area contributed by atoms with Crippen LogP contribution < -0.4 is 0 Å². The molecule has 17 heavy (non-hydrogen) atoms. The van der Waals surface area contributed by atoms with E-state index in [1.54, 1.807) is 18.7 Å². The molecule has 1 atom stereocenters. The van der Waals surface area contributed by atoms with Gasteiger partial charge in [-0.05, 0) is 34.6 Å². The molecule has 0 unspecified atom stereocenters. The highest BCUT2D eigenvalue weighted by Gasteiger charge is 2.73. The molecule has 0 radical (unpaired) electrons. The van der Waals surface area contributed by atoms with E-state index in [0.29, 0.717) is 0 Å². The second-order valence-electron chi connectivity index (χ2n) is 6.66. The van der Waals surface area contributed by atoms with E-state index in [1.165, 1.54) is 0 Å². The van der Waals surface area contributed by atoms with Gasteiger partial charge in [0, 0.05) is 5.54 Å². The van der Waals surface area contributed by atoms with Gasteiger partial charge < -0.3 is 10.0 Å². The van der Waals surface area contributed by atoms with Crippen LogP contribution in [-0.4, -0.2) is 41.4 Å². The smallest absolute Gasteiger partial charge is 0.326 e. The van der Waals surface area contributed by atoms with Gasteiger partial charge >= 0.3 is 5.97 Å². The van der Waals surface area contributed by atoms with E-state index in [9.17, 15) is 14.7 Å². The van der Waals surface area contributed by atoms with Crippen molar-refractivity contribution in [3.05, 3.63) is 0 Å². The van der Waals surface area contributed by atoms with E-state index in [-0.39, 0.29) is 5.91 Å². The number of rotatable bonds is 2. The van der Waals surface area contributed by atoms with Crippen molar-refractivity contribution in [2.45, 2.75) is 58.4 Å². The summed E-state index contributed by atoms with van der Waals surface area (Å²) in [7, 11) is -1.59. The van der Waals surface area contributed by atoms with Gasteiger partial charge in [-0.25, -0.2) is 0 Å². The predicted molar refractivity (Wildman–Crippen MR) is 69.6 cm³/mol. The molecule has 0 saturated carbocycles. The zero-order valence-electron chi connectivity index (χ0n) is 11.8. The molecule has 1 N–H and O–H groups in total. The summed E-state index contributed by atoms with van der Waals surface area (Å²) < 4.78 is 0. The lowest BCUT2D eigenvalue weighted by molar-refractivity contribution is -0.199. The number of nitrogens with zero attached hydrogens (tertiary/aromatic N) is 1. The third kappa shape index (κ3) is 1.48. The van der Waals surface area contributed by atoms with Crippen LogP contribution >= 0.6 is 0 Å². The van der Waals surface area contributed by atoms with E-state index >= 15 is 0 Å². The van der Waals surface area contributed by atoms with Crippen LogP contribution in [0.25, 0.3) is 0 Å². The monoisotopic (exact) mass is 257 g/mol. The number of carbonyl (C=O) groups excluding carboxylic acids is 1. The summed E-state index contributed by atoms with van der Waals surface area (Å²) in [6, 6.07) is 0. The van der Waals surface area contributed by atoms with E-state index < -0.39 is 30.9 Å². The minimum absolute atomic E-state index is 0.0476. The number of amides is 1. The SMILES string of the molecule is C[SiH](C)[C@@]1(C(=O)O)N(C(C)(C)C)C(=O)C1(C)C. The molecule has 1 amide bonds. The number of hydrogen-bond acceptors (Lipinski definition) is 2. The van der Waals surface area contributed by atoms with E-state index in [2.05, 4.69) is 0 Å². The summed E-state index contributed by atoms with van der Waals surface area (Å²) in [5.74, 6) is -0.896. The van der Waals surface area contributed by atoms with Crippen molar-refractivity contribution < 1.29 is 14.7 Å². The maximum atomic E-state index is 12.2. The highest BCUT2D eigenvalue weighted by Crippen LogP contribution is 2.53. The van der Waals surface area contributed by atoms with Crippen LogP contribution in [0, 0.1) is 5.41 Å². The van der Waals surface area contributed by atoms with Gasteiger partial charge in [0.2, 0.25) is 5.91 Å². The Bertz CT molecular complexity index is 370. The lowest BCUT2D eigenvalue weighted by Crippen LogP contribution is -2.86. The molecule has 1 heterocycles. The molecule has 1 aliphatic rings. The maximum Gasteiger partial charge on any atom is 0.326 e. The van der Waals surface area contributed by atoms with Crippen LogP contribution in [0.3, 0.4) is 0 Å². The summed E-state index contributed by atoms with van der Waals surface area (Å²) in [6.07, 6.45) is 0. The molecule has 4 nitrogen and oxygen atoms in total. The van der Waals surface area contributed by atoms with Gasteiger partial charge in [0.1, 0.15) is 5.16 Å². The first-order chi connectivity index (χ1) is 7.41. The lowest BCUT2D eigenvalue weighted by atomic mass is 9.70. The zero-order valence-corrected chi connectivity index (χ0v) is 12.9. The van der Waals surface area contributed by atoms with Crippen molar-refractivity contribution in [3.8, 4) is 0 Å². The molecule has 1 rings (SSSR count). The van der Waals surface area contributed by atoms with Crippen molar-refractivity contribution in [2.24, 2.45) is 5.41 Å². The first-order valence-electron chi connectivity index (χ1n) is 6.00. The second-order valence-corrected chi connectivity index (χ2v) is 9.81. The maximum absolute atomic E-state index is 12.2. The average molecular weight is 257 g/mol. The van der Waals surface area contributed by atoms with Gasteiger partial charge in [-0.15, -0.1) is 0 Å². The molecular formula is C12H23NO3Si. The van der Waals surface area contributed by atoms with Crippen LogP contribution in [0.1, 0.15) is 34.6 Å². The van der Waals surface area contributed by atoms with Crippen molar-refractivity contribution in [2.75, 3.05) is 0 Å². The first kappa shape index (κ1) is 14.2. The molecule has 5 heteroatoms. The summed E-state index contributed by atoms with van der Waals surface area (Å²) in [4.78, 5) is 25.6. The molecule has 0 spiro atoms. The number of carbonyl (C=O) groups is 2. The Morgan fingerprint density at radius 2 is 1.71 bits per heavy atom. The van der Waals surface area contributed by atoms with Crippen LogP contribution in [0.15, 0.2) is 0 Å². The fourth-order valence-electron chi connectivity index (χ4n) is 3.25. The highest BCUT2D eigenvalue weighted by molar-refractivity contribution is 6.66. The minimum Gasteiger partial charge on any atom is -0.480 e. The Morgan fingerprint density at radius 3 is 1.88 bits per heavy atom. The average Bonchev–Trinajstić information content (AvgIpc) is 2.08. The molecule has 0 bridgehead atoms. The number of β-lactam (4-membered cyclic amide) rings is 1. The molecule has 0 aromatic heterocycles. The van der Waals surface area contributed by atoms with Gasteiger partial charge in [-0.3, -0.25) is 9.59 Å². The molecule has 1 aliphatic heterocycles. The summed E-state index contributed by atoms with van der Waals surface area (Å²) in [5.41, 5.74) is -1.23. The number of hydrogen-bond donors (Lipinski definition) is 1. The van der Waals surface area contributed by atoms with Gasteiger partial charge in [-0.1, -0.05) is 13.1 Å². The molecule has 98 valence electrons. The largest absolute Gasteiger partial charge is 0.480 e. The Labute approximate surface area is 105 Å². The second kappa shape index (κ2) is 3.57. The quantitative estimate of drug-likeness (QED) is 0.602. The van der Waals surface area contributed by atoms with Crippen molar-refractivity contribution in [3.63, 3.8) is 0 Å². The molecule has 1 fully saturated rings. The number of carboxylic acids is 1. The Balaban J connectivity index is 3.43. The Kier molecular flexibility index (Phi) is 2.99. The van der Waals surface area contributed by atoms with Crippen LogP contribution in [0.5, 0.6) is 0 Å². The molecule has 0 aromatic carbocycles. The molecule has 0 aromatic rings. The summed E-state index contributed by atoms with van der Waals surface area (Å²) in [5, 5.41) is 8.71. The normalized spacial score (nSPS) is 28.2. The third-order valence-electron chi connectivity index (χ3n) is 3.88. The Hall–Kier alpha value is -0.843. The molecule has 1 saturated heterocycles. The van der Waals surface area contributed by atoms with Crippen molar-refractivity contribution in [1.82, 2.24) is 4.90 Å². The lowest BCUT2D eigenvalue weighted by Gasteiger charge is -2.66. The first-order valence-corrected chi connectivity index (χ1v) is 8.88. The summed E-state index contributed by atoms with van der Waals surface area (Å²) >= 11 is 0. The van der Waals surface area contributed by atoms with E-state index in [4.69, 9.17) is 0 Å². The topological polar surface area (TPSA) is 57.6 Å². The number of aliphatic carboxylic acids is 1. The predicted octanol–water partition coefficient (Wildman–Crippen LogP) is 1.50.